The number of nitrogens with zero attached hydrogens (tertiary/aromatic N) is 3. The molecule has 3 rings (SSSR count). The maximum Gasteiger partial charge on any atom is 0.412 e. The maximum atomic E-state index is 12.0. The summed E-state index contributed by atoms with van der Waals surface area (Å²) in [5.41, 5.74) is 2.73. The summed E-state index contributed by atoms with van der Waals surface area (Å²) < 4.78 is 7.20. The summed E-state index contributed by atoms with van der Waals surface area (Å²) in [6, 6.07) is 7.57. The van der Waals surface area contributed by atoms with Gasteiger partial charge in [-0.05, 0) is 38.5 Å². The molecule has 1 atom stereocenters. The Morgan fingerprint density at radius 2 is 2.23 bits per heavy atom. The van der Waals surface area contributed by atoms with E-state index < -0.39 is 6.09 Å². The van der Waals surface area contributed by atoms with Crippen LogP contribution in [-0.4, -0.2) is 20.7 Å². The second-order valence-electron chi connectivity index (χ2n) is 5.05. The first kappa shape index (κ1) is 14.5. The third kappa shape index (κ3) is 2.80. The third-order valence-corrected chi connectivity index (χ3v) is 4.62. The summed E-state index contributed by atoms with van der Waals surface area (Å²) in [7, 11) is 0. The number of aromatic nitrogens is 3. The van der Waals surface area contributed by atoms with Crippen molar-refractivity contribution in [2.45, 2.75) is 26.9 Å². The smallest absolute Gasteiger partial charge is 0.412 e. The van der Waals surface area contributed by atoms with Gasteiger partial charge in [-0.2, -0.15) is 5.10 Å². The number of benzene rings is 1. The number of thiazole rings is 1. The summed E-state index contributed by atoms with van der Waals surface area (Å²) in [5.74, 6) is 0. The monoisotopic (exact) mass is 316 g/mol. The first-order valence-corrected chi connectivity index (χ1v) is 7.69. The highest BCUT2D eigenvalue weighted by molar-refractivity contribution is 7.17. The molecule has 1 aromatic carbocycles. The van der Waals surface area contributed by atoms with E-state index in [1.54, 1.807) is 4.52 Å². The van der Waals surface area contributed by atoms with E-state index in [4.69, 9.17) is 4.74 Å². The van der Waals surface area contributed by atoms with Crippen molar-refractivity contribution in [2.24, 2.45) is 0 Å². The van der Waals surface area contributed by atoms with E-state index in [0.717, 1.165) is 26.8 Å². The lowest BCUT2D eigenvalue weighted by atomic mass is 10.2. The molecule has 0 fully saturated rings. The van der Waals surface area contributed by atoms with Crippen LogP contribution in [0.4, 0.5) is 10.5 Å². The molecule has 0 aliphatic rings. The molecule has 1 unspecified atom stereocenters. The number of fused-ring (bicyclic) bond motifs is 1. The van der Waals surface area contributed by atoms with Gasteiger partial charge in [-0.15, -0.1) is 0 Å². The fourth-order valence-electron chi connectivity index (χ4n) is 2.27. The maximum absolute atomic E-state index is 12.0. The number of ether oxygens (including phenoxy) is 1. The average molecular weight is 316 g/mol. The molecule has 22 heavy (non-hydrogen) atoms. The number of rotatable bonds is 3. The number of hydrogen-bond acceptors (Lipinski definition) is 5. The number of carbonyl (C=O) groups excluding carboxylic acids is 1. The molecular formula is C15H16N4O2S. The molecule has 2 heterocycles. The van der Waals surface area contributed by atoms with Gasteiger partial charge in [-0.3, -0.25) is 5.32 Å². The Labute approximate surface area is 131 Å². The predicted octanol–water partition coefficient (Wildman–Crippen LogP) is 3.72. The Hall–Kier alpha value is -2.41. The van der Waals surface area contributed by atoms with Gasteiger partial charge in [0.2, 0.25) is 4.96 Å². The number of aryl methyl sites for hydroxylation is 2. The number of carbonyl (C=O) groups is 1. The van der Waals surface area contributed by atoms with Crippen LogP contribution < -0.4 is 5.32 Å². The largest absolute Gasteiger partial charge is 0.440 e. The summed E-state index contributed by atoms with van der Waals surface area (Å²) in [4.78, 5) is 17.9. The fraction of sp³-hybridized carbons (Fsp3) is 0.267. The van der Waals surface area contributed by atoms with E-state index in [1.165, 1.54) is 17.7 Å². The van der Waals surface area contributed by atoms with Crippen molar-refractivity contribution in [1.29, 1.82) is 0 Å². The summed E-state index contributed by atoms with van der Waals surface area (Å²) in [6.07, 6.45) is 0.674. The number of anilines is 1. The van der Waals surface area contributed by atoms with Crippen molar-refractivity contribution in [3.63, 3.8) is 0 Å². The molecule has 0 aliphatic heterocycles. The Morgan fingerprint density at radius 3 is 2.95 bits per heavy atom. The third-order valence-electron chi connectivity index (χ3n) is 3.31. The molecule has 1 N–H and O–H groups in total. The van der Waals surface area contributed by atoms with Crippen LogP contribution in [-0.2, 0) is 4.74 Å². The molecule has 0 radical (unpaired) electrons. The second kappa shape index (κ2) is 5.76. The van der Waals surface area contributed by atoms with Gasteiger partial charge in [0.05, 0.1) is 10.6 Å². The lowest BCUT2D eigenvalue weighted by molar-refractivity contribution is 0.122. The topological polar surface area (TPSA) is 68.5 Å². The van der Waals surface area contributed by atoms with Crippen LogP contribution in [0, 0.1) is 13.8 Å². The minimum Gasteiger partial charge on any atom is -0.440 e. The lowest BCUT2D eigenvalue weighted by Gasteiger charge is -2.13. The molecule has 7 heteroatoms. The standard InChI is InChI=1S/C15H16N4O2S/c1-9-5-4-6-12(7-9)18-15(20)21-11(3)13-10(2)19-14(22-13)16-8-17-19/h4-8,11H,1-3H3,(H,18,20). The number of amides is 1. The van der Waals surface area contributed by atoms with Gasteiger partial charge in [-0.25, -0.2) is 14.3 Å². The van der Waals surface area contributed by atoms with E-state index in [-0.39, 0.29) is 6.10 Å². The molecule has 6 nitrogen and oxygen atoms in total. The quantitative estimate of drug-likeness (QED) is 0.799. The van der Waals surface area contributed by atoms with Gasteiger partial charge in [0, 0.05) is 5.69 Å². The number of nitrogens with one attached hydrogen (secondary N) is 1. The highest BCUT2D eigenvalue weighted by Crippen LogP contribution is 2.29. The van der Waals surface area contributed by atoms with Crippen molar-refractivity contribution in [3.8, 4) is 0 Å². The van der Waals surface area contributed by atoms with Gasteiger partial charge in [0.1, 0.15) is 12.4 Å². The highest BCUT2D eigenvalue weighted by Gasteiger charge is 2.19. The second-order valence-corrected chi connectivity index (χ2v) is 6.06. The van der Waals surface area contributed by atoms with Gasteiger partial charge >= 0.3 is 6.09 Å². The fourth-order valence-corrected chi connectivity index (χ4v) is 3.28. The van der Waals surface area contributed by atoms with E-state index in [9.17, 15) is 4.79 Å². The molecular weight excluding hydrogens is 300 g/mol. The summed E-state index contributed by atoms with van der Waals surface area (Å²) >= 11 is 1.47. The van der Waals surface area contributed by atoms with Crippen LogP contribution in [0.1, 0.15) is 29.2 Å². The number of hydrogen-bond donors (Lipinski definition) is 1. The van der Waals surface area contributed by atoms with Crippen LogP contribution in [0.2, 0.25) is 0 Å². The Kier molecular flexibility index (Phi) is 3.81. The molecule has 1 amide bonds. The van der Waals surface area contributed by atoms with Crippen molar-refractivity contribution >= 4 is 28.1 Å². The van der Waals surface area contributed by atoms with Crippen molar-refractivity contribution in [3.05, 3.63) is 46.7 Å². The van der Waals surface area contributed by atoms with Crippen molar-refractivity contribution in [2.75, 3.05) is 5.32 Å². The SMILES string of the molecule is Cc1cccc(NC(=O)OC(C)c2sc3ncnn3c2C)c1. The molecule has 0 saturated heterocycles. The molecule has 0 aliphatic carbocycles. The van der Waals surface area contributed by atoms with Gasteiger partial charge in [-0.1, -0.05) is 23.5 Å². The molecule has 0 saturated carbocycles. The molecule has 2 aromatic heterocycles. The predicted molar refractivity (Wildman–Crippen MR) is 85.3 cm³/mol. The summed E-state index contributed by atoms with van der Waals surface area (Å²) in [5, 5.41) is 6.87. The molecule has 114 valence electrons. The van der Waals surface area contributed by atoms with Crippen LogP contribution in [0.15, 0.2) is 30.6 Å². The zero-order valence-corrected chi connectivity index (χ0v) is 13.3. The summed E-state index contributed by atoms with van der Waals surface area (Å²) in [6.45, 7) is 5.75. The Bertz CT molecular complexity index is 824. The zero-order chi connectivity index (χ0) is 15.7. The minimum absolute atomic E-state index is 0.363. The Morgan fingerprint density at radius 1 is 1.41 bits per heavy atom. The van der Waals surface area contributed by atoms with E-state index >= 15 is 0 Å². The van der Waals surface area contributed by atoms with Crippen LogP contribution in [0.3, 0.4) is 0 Å². The minimum atomic E-state index is -0.475. The average Bonchev–Trinajstić information content (AvgIpc) is 3.02. The van der Waals surface area contributed by atoms with E-state index in [2.05, 4.69) is 15.4 Å². The first-order valence-electron chi connectivity index (χ1n) is 6.88. The molecule has 0 bridgehead atoms. The Balaban J connectivity index is 1.70. The highest BCUT2D eigenvalue weighted by atomic mass is 32.1. The lowest BCUT2D eigenvalue weighted by Crippen LogP contribution is -2.16. The van der Waals surface area contributed by atoms with Crippen LogP contribution in [0.5, 0.6) is 0 Å². The van der Waals surface area contributed by atoms with Crippen molar-refractivity contribution < 1.29 is 9.53 Å². The molecule has 3 aromatic rings. The van der Waals surface area contributed by atoms with Crippen LogP contribution in [0.25, 0.3) is 4.96 Å². The van der Waals surface area contributed by atoms with Crippen LogP contribution >= 0.6 is 11.3 Å². The first-order chi connectivity index (χ1) is 10.5. The van der Waals surface area contributed by atoms with Gasteiger partial charge in [0.25, 0.3) is 0 Å². The van der Waals surface area contributed by atoms with E-state index in [1.807, 2.05) is 45.0 Å². The van der Waals surface area contributed by atoms with Crippen molar-refractivity contribution in [1.82, 2.24) is 14.6 Å². The van der Waals surface area contributed by atoms with Gasteiger partial charge in [0.15, 0.2) is 0 Å². The van der Waals surface area contributed by atoms with E-state index in [0.29, 0.717) is 0 Å². The molecule has 0 spiro atoms. The normalized spacial score (nSPS) is 12.3. The zero-order valence-electron chi connectivity index (χ0n) is 12.5. The van der Waals surface area contributed by atoms with Gasteiger partial charge < -0.3 is 4.74 Å².